The second kappa shape index (κ2) is 14.1. The molecule has 2 N–H and O–H groups in total. The molecule has 208 valence electrons. The summed E-state index contributed by atoms with van der Waals surface area (Å²) in [5, 5.41) is 9.44. The van der Waals surface area contributed by atoms with E-state index in [0.29, 0.717) is 6.42 Å². The summed E-state index contributed by atoms with van der Waals surface area (Å²) < 4.78 is 11.5. The average molecular weight is 537 g/mol. The van der Waals surface area contributed by atoms with Gasteiger partial charge in [0.25, 0.3) is 5.89 Å². The molecule has 3 rings (SSSR count). The topological polar surface area (TPSA) is 133 Å². The molecule has 1 heterocycles. The predicted octanol–water partition coefficient (Wildman–Crippen LogP) is 3.94. The Morgan fingerprint density at radius 2 is 1.41 bits per heavy atom. The van der Waals surface area contributed by atoms with E-state index in [1.165, 1.54) is 0 Å². The number of hydrogen-bond acceptors (Lipinski definition) is 7. The zero-order chi connectivity index (χ0) is 28.4. The van der Waals surface area contributed by atoms with Gasteiger partial charge in [0, 0.05) is 0 Å². The van der Waals surface area contributed by atoms with Crippen LogP contribution >= 0.6 is 0 Å². The van der Waals surface area contributed by atoms with E-state index in [2.05, 4.69) is 15.7 Å². The molecule has 39 heavy (non-hydrogen) atoms. The standard InChI is InChI=1S/C29H36N4O6/c1-19(2)15-23(25(34)27-32-33(29(37)39-27)17-21-11-7-5-8-12-21)30-26(35)24(16-20(3)4)31-28(36)38-18-22-13-9-6-10-14-22/h5-14,19-20,23-24H,15-18H2,1-4H3,(H,30,35)(H,31,36). The lowest BCUT2D eigenvalue weighted by atomic mass is 9.98. The maximum Gasteiger partial charge on any atom is 0.437 e. The van der Waals surface area contributed by atoms with Crippen molar-refractivity contribution >= 4 is 17.8 Å². The number of rotatable bonds is 13. The highest BCUT2D eigenvalue weighted by molar-refractivity contribution is 5.99. The second-order valence-electron chi connectivity index (χ2n) is 10.3. The molecule has 0 aliphatic rings. The van der Waals surface area contributed by atoms with Gasteiger partial charge in [0.05, 0.1) is 12.6 Å². The van der Waals surface area contributed by atoms with Crippen molar-refractivity contribution in [2.45, 2.75) is 65.8 Å². The molecule has 10 nitrogen and oxygen atoms in total. The fourth-order valence-corrected chi connectivity index (χ4v) is 4.00. The summed E-state index contributed by atoms with van der Waals surface area (Å²) in [6.45, 7) is 7.85. The number of alkyl carbamates (subject to hydrolysis) is 1. The highest BCUT2D eigenvalue weighted by atomic mass is 16.5. The summed E-state index contributed by atoms with van der Waals surface area (Å²) in [5.41, 5.74) is 1.63. The van der Waals surface area contributed by atoms with E-state index in [1.54, 1.807) is 0 Å². The van der Waals surface area contributed by atoms with E-state index in [0.717, 1.165) is 15.8 Å². The van der Waals surface area contributed by atoms with E-state index in [9.17, 15) is 19.2 Å². The van der Waals surface area contributed by atoms with Crippen molar-refractivity contribution in [3.05, 3.63) is 88.2 Å². The van der Waals surface area contributed by atoms with Gasteiger partial charge in [-0.25, -0.2) is 9.59 Å². The van der Waals surface area contributed by atoms with E-state index < -0.39 is 35.6 Å². The van der Waals surface area contributed by atoms with Gasteiger partial charge in [0.2, 0.25) is 11.7 Å². The fraction of sp³-hybridized carbons (Fsp3) is 0.414. The zero-order valence-electron chi connectivity index (χ0n) is 22.8. The lowest BCUT2D eigenvalue weighted by Crippen LogP contribution is -2.52. The minimum atomic E-state index is -1.00. The number of nitrogens with zero attached hydrogens (tertiary/aromatic N) is 2. The summed E-state index contributed by atoms with van der Waals surface area (Å²) in [7, 11) is 0. The van der Waals surface area contributed by atoms with Gasteiger partial charge < -0.3 is 19.8 Å². The minimum absolute atomic E-state index is 0.0322. The maximum atomic E-state index is 13.3. The summed E-state index contributed by atoms with van der Waals surface area (Å²) in [6.07, 6.45) is -0.125. The third-order valence-corrected chi connectivity index (χ3v) is 5.86. The number of benzene rings is 2. The lowest BCUT2D eigenvalue weighted by molar-refractivity contribution is -0.124. The van der Waals surface area contributed by atoms with Crippen molar-refractivity contribution in [3.63, 3.8) is 0 Å². The van der Waals surface area contributed by atoms with E-state index in [-0.39, 0.29) is 37.3 Å². The van der Waals surface area contributed by atoms with Crippen LogP contribution < -0.4 is 16.4 Å². The molecule has 2 amide bonds. The summed E-state index contributed by atoms with van der Waals surface area (Å²) in [6, 6.07) is 16.4. The first-order valence-corrected chi connectivity index (χ1v) is 13.1. The van der Waals surface area contributed by atoms with Crippen molar-refractivity contribution in [2.75, 3.05) is 0 Å². The first-order chi connectivity index (χ1) is 18.6. The maximum absolute atomic E-state index is 13.3. The van der Waals surface area contributed by atoms with Crippen LogP contribution in [0.4, 0.5) is 4.79 Å². The van der Waals surface area contributed by atoms with Crippen LogP contribution in [0.5, 0.6) is 0 Å². The van der Waals surface area contributed by atoms with Gasteiger partial charge in [-0.05, 0) is 35.8 Å². The minimum Gasteiger partial charge on any atom is -0.445 e. The predicted molar refractivity (Wildman–Crippen MR) is 145 cm³/mol. The van der Waals surface area contributed by atoms with Crippen molar-refractivity contribution in [1.29, 1.82) is 0 Å². The van der Waals surface area contributed by atoms with Gasteiger partial charge in [-0.1, -0.05) is 88.4 Å². The summed E-state index contributed by atoms with van der Waals surface area (Å²) >= 11 is 0. The van der Waals surface area contributed by atoms with Crippen LogP contribution in [0, 0.1) is 11.8 Å². The molecular weight excluding hydrogens is 500 g/mol. The van der Waals surface area contributed by atoms with E-state index in [4.69, 9.17) is 9.15 Å². The van der Waals surface area contributed by atoms with Crippen LogP contribution in [0.2, 0.25) is 0 Å². The van der Waals surface area contributed by atoms with Crippen LogP contribution in [-0.2, 0) is 22.7 Å². The third-order valence-electron chi connectivity index (χ3n) is 5.86. The van der Waals surface area contributed by atoms with Crippen LogP contribution in [0.15, 0.2) is 69.9 Å². The molecule has 2 unspecified atom stereocenters. The number of nitrogens with one attached hydrogen (secondary N) is 2. The smallest absolute Gasteiger partial charge is 0.437 e. The van der Waals surface area contributed by atoms with Crippen LogP contribution in [0.25, 0.3) is 0 Å². The molecule has 0 radical (unpaired) electrons. The SMILES string of the molecule is CC(C)CC(NC(=O)OCc1ccccc1)C(=O)NC(CC(C)C)C(=O)c1nn(Cc2ccccc2)c(=O)o1. The highest BCUT2D eigenvalue weighted by Gasteiger charge is 2.31. The number of aromatic nitrogens is 2. The normalized spacial score (nSPS) is 12.7. The van der Waals surface area contributed by atoms with Crippen LogP contribution in [0.1, 0.15) is 62.3 Å². The molecule has 0 bridgehead atoms. The van der Waals surface area contributed by atoms with Gasteiger partial charge in [-0.2, -0.15) is 4.68 Å². The first-order valence-electron chi connectivity index (χ1n) is 13.1. The molecule has 0 saturated heterocycles. The number of ketones is 1. The molecule has 0 fully saturated rings. The van der Waals surface area contributed by atoms with Crippen LogP contribution in [-0.4, -0.2) is 39.6 Å². The second-order valence-corrected chi connectivity index (χ2v) is 10.3. The number of amides is 2. The van der Waals surface area contributed by atoms with Crippen molar-refractivity contribution in [2.24, 2.45) is 11.8 Å². The summed E-state index contributed by atoms with van der Waals surface area (Å²) in [5.74, 6) is -2.19. The Bertz CT molecular complexity index is 1280. The molecule has 0 aliphatic heterocycles. The molecular formula is C29H36N4O6. The van der Waals surface area contributed by atoms with E-state index >= 15 is 0 Å². The molecule has 1 aromatic heterocycles. The monoisotopic (exact) mass is 536 g/mol. The molecule has 2 aromatic carbocycles. The largest absolute Gasteiger partial charge is 0.445 e. The van der Waals surface area contributed by atoms with Gasteiger partial charge in [0.1, 0.15) is 12.6 Å². The number of hydrogen-bond donors (Lipinski definition) is 2. The van der Waals surface area contributed by atoms with Crippen LogP contribution in [0.3, 0.4) is 0 Å². The number of carbonyl (C=O) groups is 3. The number of Topliss-reactive ketones (excluding diaryl/α,β-unsaturated/α-hetero) is 1. The Morgan fingerprint density at radius 1 is 0.846 bits per heavy atom. The Morgan fingerprint density at radius 3 is 2.00 bits per heavy atom. The highest BCUT2D eigenvalue weighted by Crippen LogP contribution is 2.13. The zero-order valence-corrected chi connectivity index (χ0v) is 22.8. The quantitative estimate of drug-likeness (QED) is 0.316. The van der Waals surface area contributed by atoms with Gasteiger partial charge in [-0.3, -0.25) is 9.59 Å². The Hall–Kier alpha value is -4.21. The van der Waals surface area contributed by atoms with Gasteiger partial charge in [-0.15, -0.1) is 5.10 Å². The molecule has 0 aliphatic carbocycles. The Balaban J connectivity index is 1.71. The van der Waals surface area contributed by atoms with Gasteiger partial charge >= 0.3 is 11.8 Å². The van der Waals surface area contributed by atoms with Crippen molar-refractivity contribution in [1.82, 2.24) is 20.4 Å². The fourth-order valence-electron chi connectivity index (χ4n) is 4.00. The molecule has 10 heteroatoms. The Labute approximate surface area is 227 Å². The van der Waals surface area contributed by atoms with E-state index in [1.807, 2.05) is 88.4 Å². The number of carbonyl (C=O) groups excluding carboxylic acids is 3. The summed E-state index contributed by atoms with van der Waals surface area (Å²) in [4.78, 5) is 51.4. The molecule has 0 saturated carbocycles. The van der Waals surface area contributed by atoms with Gasteiger partial charge in [0.15, 0.2) is 0 Å². The lowest BCUT2D eigenvalue weighted by Gasteiger charge is -2.24. The first kappa shape index (κ1) is 29.3. The van der Waals surface area contributed by atoms with Crippen molar-refractivity contribution in [3.8, 4) is 0 Å². The molecule has 0 spiro atoms. The molecule has 3 aromatic rings. The number of ether oxygens (including phenoxy) is 1. The third kappa shape index (κ3) is 9.24. The van der Waals surface area contributed by atoms with Crippen molar-refractivity contribution < 1.29 is 23.5 Å². The Kier molecular flexibility index (Phi) is 10.6. The average Bonchev–Trinajstić information content (AvgIpc) is 3.26. The molecule has 2 atom stereocenters.